The number of alkyl halides is 6. The van der Waals surface area contributed by atoms with Crippen LogP contribution in [0.2, 0.25) is 0 Å². The van der Waals surface area contributed by atoms with E-state index in [-0.39, 0.29) is 18.4 Å². The quantitative estimate of drug-likeness (QED) is 0.370. The van der Waals surface area contributed by atoms with Gasteiger partial charge in [-0.1, -0.05) is 18.2 Å². The van der Waals surface area contributed by atoms with E-state index < -0.39 is 30.5 Å². The van der Waals surface area contributed by atoms with E-state index in [1.54, 1.807) is 6.07 Å². The van der Waals surface area contributed by atoms with Crippen molar-refractivity contribution in [1.29, 1.82) is 0 Å². The van der Waals surface area contributed by atoms with Crippen LogP contribution in [0.1, 0.15) is 24.0 Å². The summed E-state index contributed by atoms with van der Waals surface area (Å²) in [6, 6.07) is 11.3. The Morgan fingerprint density at radius 2 is 1.56 bits per heavy atom. The van der Waals surface area contributed by atoms with Gasteiger partial charge in [0.05, 0.1) is 5.56 Å². The molecule has 7 nitrogen and oxygen atoms in total. The molecule has 0 radical (unpaired) electrons. The molecule has 2 aromatic carbocycles. The van der Waals surface area contributed by atoms with Gasteiger partial charge in [0.1, 0.15) is 0 Å². The number of rotatable bonds is 8. The highest BCUT2D eigenvalue weighted by molar-refractivity contribution is 5.62. The summed E-state index contributed by atoms with van der Waals surface area (Å²) in [4.78, 5) is 14.2. The highest BCUT2D eigenvalue weighted by Gasteiger charge is 2.30. The first-order valence-corrected chi connectivity index (χ1v) is 11.0. The molecule has 1 fully saturated rings. The van der Waals surface area contributed by atoms with Crippen molar-refractivity contribution in [3.05, 3.63) is 59.7 Å². The van der Waals surface area contributed by atoms with Crippen LogP contribution in [0.4, 0.5) is 49.6 Å². The summed E-state index contributed by atoms with van der Waals surface area (Å²) < 4.78 is 80.9. The third-order valence-corrected chi connectivity index (χ3v) is 5.29. The third-order valence-electron chi connectivity index (χ3n) is 5.29. The first-order valence-electron chi connectivity index (χ1n) is 11.0. The van der Waals surface area contributed by atoms with Gasteiger partial charge in [0.2, 0.25) is 11.9 Å². The summed E-state index contributed by atoms with van der Waals surface area (Å²) in [6.45, 7) is 0.287. The number of aromatic nitrogens is 3. The Bertz CT molecular complexity index is 1160. The van der Waals surface area contributed by atoms with Gasteiger partial charge in [0, 0.05) is 31.0 Å². The summed E-state index contributed by atoms with van der Waals surface area (Å²) >= 11 is 0. The molecule has 0 unspecified atom stereocenters. The number of benzene rings is 2. The predicted octanol–water partition coefficient (Wildman–Crippen LogP) is 5.79. The van der Waals surface area contributed by atoms with Crippen LogP contribution in [0.15, 0.2) is 48.5 Å². The molecule has 1 saturated heterocycles. The molecule has 0 atom stereocenters. The molecule has 3 aromatic rings. The van der Waals surface area contributed by atoms with Gasteiger partial charge < -0.3 is 20.3 Å². The Hall–Kier alpha value is -3.77. The van der Waals surface area contributed by atoms with Crippen LogP contribution in [-0.2, 0) is 12.7 Å². The molecule has 1 aliphatic heterocycles. The van der Waals surface area contributed by atoms with Crippen molar-refractivity contribution in [3.63, 3.8) is 0 Å². The molecule has 0 saturated carbocycles. The second-order valence-electron chi connectivity index (χ2n) is 8.09. The molecule has 36 heavy (non-hydrogen) atoms. The molecule has 0 amide bonds. The maximum Gasteiger partial charge on any atom is 0.422 e. The second kappa shape index (κ2) is 10.5. The Morgan fingerprint density at radius 3 is 2.22 bits per heavy atom. The molecule has 0 bridgehead atoms. The van der Waals surface area contributed by atoms with Gasteiger partial charge in [0.25, 0.3) is 0 Å². The van der Waals surface area contributed by atoms with E-state index >= 15 is 0 Å². The van der Waals surface area contributed by atoms with Crippen LogP contribution in [0, 0.1) is 0 Å². The molecule has 192 valence electrons. The smallest absolute Gasteiger partial charge is 0.422 e. The Labute approximate surface area is 202 Å². The second-order valence-corrected chi connectivity index (χ2v) is 8.09. The van der Waals surface area contributed by atoms with E-state index in [0.29, 0.717) is 11.3 Å². The number of hydrogen-bond acceptors (Lipinski definition) is 7. The SMILES string of the molecule is FC(F)(F)COc1nc(NCc2ccc(C(F)(F)F)cc2)nc(Nc2cccc(N3CCCC3)c2)n1. The van der Waals surface area contributed by atoms with Crippen molar-refractivity contribution >= 4 is 23.3 Å². The average Bonchev–Trinajstić information content (AvgIpc) is 3.36. The van der Waals surface area contributed by atoms with E-state index in [0.717, 1.165) is 43.8 Å². The maximum atomic E-state index is 12.8. The number of halogens is 6. The zero-order valence-electron chi connectivity index (χ0n) is 18.8. The first-order chi connectivity index (χ1) is 17.0. The normalized spacial score (nSPS) is 14.1. The minimum absolute atomic E-state index is 0.0186. The monoisotopic (exact) mass is 512 g/mol. The lowest BCUT2D eigenvalue weighted by atomic mass is 10.1. The van der Waals surface area contributed by atoms with E-state index in [9.17, 15) is 26.3 Å². The van der Waals surface area contributed by atoms with Crippen LogP contribution in [0.5, 0.6) is 6.01 Å². The molecule has 2 N–H and O–H groups in total. The summed E-state index contributed by atoms with van der Waals surface area (Å²) in [5.41, 5.74) is 1.28. The number of anilines is 4. The Balaban J connectivity index is 1.51. The standard InChI is InChI=1S/C23H22F6N6O/c24-22(25,26)14-36-21-33-19(30-13-15-6-8-16(9-7-15)23(27,28)29)32-20(34-21)31-17-4-3-5-18(12-17)35-10-1-2-11-35/h3-9,12H,1-2,10-11,13-14H2,(H2,30,31,32,33,34). The van der Waals surface area contributed by atoms with Crippen LogP contribution >= 0.6 is 0 Å². The van der Waals surface area contributed by atoms with E-state index in [1.165, 1.54) is 12.1 Å². The molecule has 4 rings (SSSR count). The van der Waals surface area contributed by atoms with Crippen LogP contribution in [0.25, 0.3) is 0 Å². The number of nitrogens with zero attached hydrogens (tertiary/aromatic N) is 4. The van der Waals surface area contributed by atoms with Gasteiger partial charge >= 0.3 is 18.4 Å². The van der Waals surface area contributed by atoms with Crippen LogP contribution in [-0.4, -0.2) is 40.8 Å². The summed E-state index contributed by atoms with van der Waals surface area (Å²) in [6.07, 6.45) is -6.87. The lowest BCUT2D eigenvalue weighted by Crippen LogP contribution is -2.21. The average molecular weight is 512 g/mol. The van der Waals surface area contributed by atoms with Crippen LogP contribution < -0.4 is 20.3 Å². The molecule has 13 heteroatoms. The van der Waals surface area contributed by atoms with Crippen molar-refractivity contribution in [3.8, 4) is 6.01 Å². The van der Waals surface area contributed by atoms with Crippen molar-refractivity contribution in [2.24, 2.45) is 0 Å². The fourth-order valence-electron chi connectivity index (χ4n) is 3.58. The topological polar surface area (TPSA) is 75.2 Å². The molecule has 0 aliphatic carbocycles. The fourth-order valence-corrected chi connectivity index (χ4v) is 3.58. The first kappa shape index (κ1) is 25.3. The third kappa shape index (κ3) is 7.12. The zero-order valence-corrected chi connectivity index (χ0v) is 18.8. The van der Waals surface area contributed by atoms with Crippen molar-refractivity contribution in [1.82, 2.24) is 15.0 Å². The van der Waals surface area contributed by atoms with E-state index in [1.807, 2.05) is 18.2 Å². The lowest BCUT2D eigenvalue weighted by molar-refractivity contribution is -0.154. The van der Waals surface area contributed by atoms with Crippen molar-refractivity contribution < 1.29 is 31.1 Å². The number of hydrogen-bond donors (Lipinski definition) is 2. The minimum Gasteiger partial charge on any atom is -0.454 e. The maximum absolute atomic E-state index is 12.8. The summed E-state index contributed by atoms with van der Waals surface area (Å²) in [5.74, 6) is -0.170. The zero-order chi connectivity index (χ0) is 25.8. The highest BCUT2D eigenvalue weighted by atomic mass is 19.4. The Morgan fingerprint density at radius 1 is 0.861 bits per heavy atom. The molecular formula is C23H22F6N6O. The molecule has 0 spiro atoms. The van der Waals surface area contributed by atoms with Crippen molar-refractivity contribution in [2.75, 3.05) is 35.2 Å². The predicted molar refractivity (Wildman–Crippen MR) is 121 cm³/mol. The largest absolute Gasteiger partial charge is 0.454 e. The molecule has 2 heterocycles. The molecule has 1 aromatic heterocycles. The van der Waals surface area contributed by atoms with E-state index in [4.69, 9.17) is 4.74 Å². The summed E-state index contributed by atoms with van der Waals surface area (Å²) in [7, 11) is 0. The van der Waals surface area contributed by atoms with E-state index in [2.05, 4.69) is 30.5 Å². The van der Waals surface area contributed by atoms with Crippen LogP contribution in [0.3, 0.4) is 0 Å². The van der Waals surface area contributed by atoms with Gasteiger partial charge in [-0.25, -0.2) is 0 Å². The fraction of sp³-hybridized carbons (Fsp3) is 0.348. The molecule has 1 aliphatic rings. The van der Waals surface area contributed by atoms with Gasteiger partial charge in [0.15, 0.2) is 6.61 Å². The number of nitrogens with one attached hydrogen (secondary N) is 2. The van der Waals surface area contributed by atoms with Gasteiger partial charge in [-0.05, 0) is 48.7 Å². The molecular weight excluding hydrogens is 490 g/mol. The lowest BCUT2D eigenvalue weighted by Gasteiger charge is -2.18. The van der Waals surface area contributed by atoms with Gasteiger partial charge in [-0.2, -0.15) is 41.3 Å². The Kier molecular flexibility index (Phi) is 7.36. The van der Waals surface area contributed by atoms with Gasteiger partial charge in [-0.15, -0.1) is 0 Å². The van der Waals surface area contributed by atoms with Crippen molar-refractivity contribution in [2.45, 2.75) is 31.7 Å². The number of ether oxygens (including phenoxy) is 1. The van der Waals surface area contributed by atoms with Gasteiger partial charge in [-0.3, -0.25) is 0 Å². The highest BCUT2D eigenvalue weighted by Crippen LogP contribution is 2.29. The minimum atomic E-state index is -4.60. The summed E-state index contributed by atoms with van der Waals surface area (Å²) in [5, 5.41) is 5.74.